The van der Waals surface area contributed by atoms with Crippen molar-refractivity contribution in [3.8, 4) is 5.75 Å². The lowest BCUT2D eigenvalue weighted by Gasteiger charge is -2.10. The molecular formula is C20H17F2N3O3. The number of ether oxygens (including phenoxy) is 1. The van der Waals surface area contributed by atoms with Crippen molar-refractivity contribution in [1.82, 2.24) is 10.2 Å². The highest BCUT2D eigenvalue weighted by Gasteiger charge is 2.48. The summed E-state index contributed by atoms with van der Waals surface area (Å²) in [5, 5.41) is 19.7. The summed E-state index contributed by atoms with van der Waals surface area (Å²) in [5.41, 5.74) is 0.0948. The van der Waals surface area contributed by atoms with Gasteiger partial charge in [-0.15, -0.1) is 0 Å². The predicted molar refractivity (Wildman–Crippen MR) is 101 cm³/mol. The van der Waals surface area contributed by atoms with E-state index in [0.717, 1.165) is 0 Å². The van der Waals surface area contributed by atoms with Crippen molar-refractivity contribution in [3.05, 3.63) is 53.2 Å². The Balaban J connectivity index is 1.63. The van der Waals surface area contributed by atoms with Gasteiger partial charge in [0.2, 0.25) is 0 Å². The largest absolute Gasteiger partial charge is 0.494 e. The molecule has 0 unspecified atom stereocenters. The molecule has 144 valence electrons. The van der Waals surface area contributed by atoms with E-state index in [9.17, 15) is 18.7 Å². The third-order valence-electron chi connectivity index (χ3n) is 4.68. The predicted octanol–water partition coefficient (Wildman–Crippen LogP) is 3.48. The molecule has 1 saturated carbocycles. The number of nitrogens with one attached hydrogen (secondary N) is 2. The second kappa shape index (κ2) is 6.72. The van der Waals surface area contributed by atoms with E-state index in [1.54, 1.807) is 18.2 Å². The molecule has 8 heteroatoms. The van der Waals surface area contributed by atoms with E-state index in [-0.39, 0.29) is 11.4 Å². The van der Waals surface area contributed by atoms with E-state index >= 15 is 0 Å². The van der Waals surface area contributed by atoms with E-state index in [1.165, 1.54) is 31.4 Å². The first-order chi connectivity index (χ1) is 13.4. The quantitative estimate of drug-likeness (QED) is 0.628. The molecule has 0 radical (unpaired) electrons. The van der Waals surface area contributed by atoms with Crippen LogP contribution in [0.4, 0.5) is 14.5 Å². The zero-order chi connectivity index (χ0) is 19.9. The second-order valence-corrected chi connectivity index (χ2v) is 6.70. The van der Waals surface area contributed by atoms with Gasteiger partial charge in [-0.3, -0.25) is 9.89 Å². The molecule has 2 aromatic carbocycles. The molecule has 0 spiro atoms. The van der Waals surface area contributed by atoms with Crippen molar-refractivity contribution < 1.29 is 23.4 Å². The van der Waals surface area contributed by atoms with Crippen LogP contribution in [0, 0.1) is 11.6 Å². The van der Waals surface area contributed by atoms with Gasteiger partial charge in [0.1, 0.15) is 11.4 Å². The molecule has 1 amide bonds. The fourth-order valence-corrected chi connectivity index (χ4v) is 2.83. The fraction of sp³-hybridized carbons (Fsp3) is 0.200. The standard InChI is InChI=1S/C20H17F2N3O3/c1-28-18-5-3-11(8-14(18)22)2-4-15-12-9-17(13(21)10-16(12)25-24-15)23-19(26)20(27)6-7-20/h2-5,8-10,27H,6-7H2,1H3,(H,23,26)(H,24,25). The molecule has 4 rings (SSSR count). The van der Waals surface area contributed by atoms with Gasteiger partial charge >= 0.3 is 0 Å². The second-order valence-electron chi connectivity index (χ2n) is 6.70. The number of hydrogen-bond acceptors (Lipinski definition) is 4. The summed E-state index contributed by atoms with van der Waals surface area (Å²) in [5.74, 6) is -1.60. The Morgan fingerprint density at radius 1 is 1.25 bits per heavy atom. The molecule has 1 fully saturated rings. The minimum atomic E-state index is -1.40. The number of methoxy groups -OCH3 is 1. The average molecular weight is 385 g/mol. The number of fused-ring (bicyclic) bond motifs is 1. The number of benzene rings is 2. The number of hydrogen-bond donors (Lipinski definition) is 3. The lowest BCUT2D eigenvalue weighted by atomic mass is 10.1. The molecule has 0 atom stereocenters. The Hall–Kier alpha value is -3.26. The summed E-state index contributed by atoms with van der Waals surface area (Å²) < 4.78 is 32.9. The van der Waals surface area contributed by atoms with Gasteiger partial charge < -0.3 is 15.2 Å². The van der Waals surface area contributed by atoms with Crippen molar-refractivity contribution in [2.75, 3.05) is 12.4 Å². The fourth-order valence-electron chi connectivity index (χ4n) is 2.83. The van der Waals surface area contributed by atoms with E-state index in [4.69, 9.17) is 4.74 Å². The average Bonchev–Trinajstić information content (AvgIpc) is 3.31. The normalized spacial score (nSPS) is 15.1. The zero-order valence-electron chi connectivity index (χ0n) is 14.9. The minimum absolute atomic E-state index is 0.0376. The van der Waals surface area contributed by atoms with E-state index in [2.05, 4.69) is 15.5 Å². The van der Waals surface area contributed by atoms with Gasteiger partial charge in [0, 0.05) is 11.5 Å². The van der Waals surface area contributed by atoms with Crippen LogP contribution < -0.4 is 10.1 Å². The molecule has 28 heavy (non-hydrogen) atoms. The number of halogens is 2. The number of carbonyl (C=O) groups is 1. The van der Waals surface area contributed by atoms with Crippen LogP contribution in [0.3, 0.4) is 0 Å². The number of H-pyrrole nitrogens is 1. The Morgan fingerprint density at radius 3 is 2.71 bits per heavy atom. The monoisotopic (exact) mass is 385 g/mol. The first-order valence-corrected chi connectivity index (χ1v) is 8.63. The third-order valence-corrected chi connectivity index (χ3v) is 4.68. The SMILES string of the molecule is COc1ccc(C=Cc2n[nH]c3cc(F)c(NC(=O)C4(O)CC4)cc23)cc1F. The van der Waals surface area contributed by atoms with Gasteiger partial charge in [-0.2, -0.15) is 5.10 Å². The molecule has 1 aromatic heterocycles. The molecular weight excluding hydrogens is 368 g/mol. The molecule has 6 nitrogen and oxygen atoms in total. The smallest absolute Gasteiger partial charge is 0.256 e. The summed E-state index contributed by atoms with van der Waals surface area (Å²) in [7, 11) is 1.39. The zero-order valence-corrected chi connectivity index (χ0v) is 14.9. The summed E-state index contributed by atoms with van der Waals surface area (Å²) in [6.07, 6.45) is 4.03. The number of aliphatic hydroxyl groups is 1. The van der Waals surface area contributed by atoms with Crippen LogP contribution in [0.25, 0.3) is 23.1 Å². The van der Waals surface area contributed by atoms with E-state index < -0.39 is 23.1 Å². The Morgan fingerprint density at radius 2 is 2.04 bits per heavy atom. The number of carbonyl (C=O) groups excluding carboxylic acids is 1. The van der Waals surface area contributed by atoms with Crippen molar-refractivity contribution in [2.45, 2.75) is 18.4 Å². The van der Waals surface area contributed by atoms with Gasteiger partial charge in [0.15, 0.2) is 11.6 Å². The van der Waals surface area contributed by atoms with Crippen LogP contribution in [-0.4, -0.2) is 33.9 Å². The molecule has 1 heterocycles. The Labute approximate surface area is 158 Å². The number of nitrogens with zero attached hydrogens (tertiary/aromatic N) is 1. The molecule has 3 N–H and O–H groups in total. The highest BCUT2D eigenvalue weighted by Crippen LogP contribution is 2.36. The van der Waals surface area contributed by atoms with Gasteiger partial charge in [-0.1, -0.05) is 12.1 Å². The first kappa shape index (κ1) is 18.1. The van der Waals surface area contributed by atoms with E-state index in [1.807, 2.05) is 0 Å². The third kappa shape index (κ3) is 3.34. The lowest BCUT2D eigenvalue weighted by Crippen LogP contribution is -2.29. The number of aromatic nitrogens is 2. The number of anilines is 1. The highest BCUT2D eigenvalue weighted by molar-refractivity contribution is 6.01. The number of rotatable bonds is 5. The summed E-state index contributed by atoms with van der Waals surface area (Å²) in [6, 6.07) is 7.20. The molecule has 0 aliphatic heterocycles. The van der Waals surface area contributed by atoms with Gasteiger partial charge in [-0.05, 0) is 42.7 Å². The molecule has 1 aliphatic carbocycles. The highest BCUT2D eigenvalue weighted by atomic mass is 19.1. The van der Waals surface area contributed by atoms with Gasteiger partial charge in [0.05, 0.1) is 24.0 Å². The maximum Gasteiger partial charge on any atom is 0.256 e. The van der Waals surface area contributed by atoms with Crippen LogP contribution in [0.2, 0.25) is 0 Å². The number of aromatic amines is 1. The topological polar surface area (TPSA) is 87.2 Å². The van der Waals surface area contributed by atoms with Crippen molar-refractivity contribution in [2.24, 2.45) is 0 Å². The van der Waals surface area contributed by atoms with Crippen LogP contribution in [0.1, 0.15) is 24.1 Å². The van der Waals surface area contributed by atoms with Crippen LogP contribution in [-0.2, 0) is 4.79 Å². The maximum atomic E-state index is 14.2. The Kier molecular flexibility index (Phi) is 4.35. The van der Waals surface area contributed by atoms with Gasteiger partial charge in [-0.25, -0.2) is 8.78 Å². The molecule has 1 aliphatic rings. The van der Waals surface area contributed by atoms with Crippen molar-refractivity contribution >= 4 is 34.6 Å². The van der Waals surface area contributed by atoms with Gasteiger partial charge in [0.25, 0.3) is 5.91 Å². The minimum Gasteiger partial charge on any atom is -0.494 e. The van der Waals surface area contributed by atoms with Crippen molar-refractivity contribution in [3.63, 3.8) is 0 Å². The Bertz CT molecular complexity index is 1100. The summed E-state index contributed by atoms with van der Waals surface area (Å²) in [4.78, 5) is 12.0. The molecule has 0 bridgehead atoms. The molecule has 3 aromatic rings. The van der Waals surface area contributed by atoms with Crippen molar-refractivity contribution in [1.29, 1.82) is 0 Å². The van der Waals surface area contributed by atoms with Crippen LogP contribution in [0.15, 0.2) is 30.3 Å². The van der Waals surface area contributed by atoms with E-state index in [0.29, 0.717) is 35.0 Å². The van der Waals surface area contributed by atoms with Crippen LogP contribution >= 0.6 is 0 Å². The number of amides is 1. The van der Waals surface area contributed by atoms with Crippen LogP contribution in [0.5, 0.6) is 5.75 Å². The lowest BCUT2D eigenvalue weighted by molar-refractivity contribution is -0.125. The summed E-state index contributed by atoms with van der Waals surface area (Å²) >= 11 is 0. The summed E-state index contributed by atoms with van der Waals surface area (Å²) in [6.45, 7) is 0. The maximum absolute atomic E-state index is 14.2. The first-order valence-electron chi connectivity index (χ1n) is 8.63. The molecule has 0 saturated heterocycles.